The molecule has 1 amide bonds. The third kappa shape index (κ3) is 3.65. The standard InChI is InChI=1S/C22H18Cl3NO3/c23-14-8-5-12(6-9-14)19-18(20(27)13-7-10-16(24)17(25)11-13)21(28)22(29)26(19)15-3-1-2-4-15/h5-11,15,19,27H,1-4H2/b20-18-. The lowest BCUT2D eigenvalue weighted by molar-refractivity contribution is -0.141. The molecule has 4 nitrogen and oxygen atoms in total. The van der Waals surface area contributed by atoms with E-state index in [0.717, 1.165) is 31.2 Å². The van der Waals surface area contributed by atoms with E-state index in [2.05, 4.69) is 0 Å². The lowest BCUT2D eigenvalue weighted by Crippen LogP contribution is -2.37. The Hall–Kier alpha value is -2.01. The van der Waals surface area contributed by atoms with Crippen LogP contribution in [0.5, 0.6) is 0 Å². The number of hydrogen-bond donors (Lipinski definition) is 1. The fraction of sp³-hybridized carbons (Fsp3) is 0.273. The SMILES string of the molecule is O=C1C(=O)N(C2CCCC2)C(c2ccc(Cl)cc2)/C1=C(/O)c1ccc(Cl)c(Cl)c1. The topological polar surface area (TPSA) is 57.6 Å². The van der Waals surface area contributed by atoms with Crippen molar-refractivity contribution in [2.45, 2.75) is 37.8 Å². The number of Topliss-reactive ketones (excluding diaryl/α,β-unsaturated/α-hetero) is 1. The van der Waals surface area contributed by atoms with Crippen molar-refractivity contribution in [1.29, 1.82) is 0 Å². The first kappa shape index (κ1) is 20.3. The predicted molar refractivity (Wildman–Crippen MR) is 114 cm³/mol. The van der Waals surface area contributed by atoms with E-state index in [-0.39, 0.29) is 22.4 Å². The van der Waals surface area contributed by atoms with E-state index in [1.807, 2.05) is 0 Å². The average molecular weight is 451 g/mol. The van der Waals surface area contributed by atoms with Crippen LogP contribution in [-0.2, 0) is 9.59 Å². The molecule has 0 aromatic heterocycles. The number of amides is 1. The third-order valence-corrected chi connectivity index (χ3v) is 6.57. The Morgan fingerprint density at radius 3 is 2.21 bits per heavy atom. The van der Waals surface area contributed by atoms with E-state index in [9.17, 15) is 14.7 Å². The van der Waals surface area contributed by atoms with Crippen LogP contribution in [-0.4, -0.2) is 27.7 Å². The second-order valence-corrected chi connectivity index (χ2v) is 8.58. The van der Waals surface area contributed by atoms with Gasteiger partial charge in [0.25, 0.3) is 11.7 Å². The van der Waals surface area contributed by atoms with E-state index < -0.39 is 17.7 Å². The molecule has 1 saturated carbocycles. The molecule has 1 atom stereocenters. The molecule has 2 aromatic rings. The summed E-state index contributed by atoms with van der Waals surface area (Å²) < 4.78 is 0. The maximum absolute atomic E-state index is 13.0. The normalized spacial score (nSPS) is 21.9. The minimum Gasteiger partial charge on any atom is -0.507 e. The van der Waals surface area contributed by atoms with Crippen LogP contribution in [0.3, 0.4) is 0 Å². The number of likely N-dealkylation sites (tertiary alicyclic amines) is 1. The summed E-state index contributed by atoms with van der Waals surface area (Å²) in [7, 11) is 0. The molecule has 2 aromatic carbocycles. The Labute approximate surface area is 183 Å². The van der Waals surface area contributed by atoms with Gasteiger partial charge in [-0.1, -0.05) is 59.8 Å². The second kappa shape index (κ2) is 8.02. The van der Waals surface area contributed by atoms with Crippen molar-refractivity contribution in [2.24, 2.45) is 0 Å². The monoisotopic (exact) mass is 449 g/mol. The van der Waals surface area contributed by atoms with E-state index in [0.29, 0.717) is 15.6 Å². The van der Waals surface area contributed by atoms with Gasteiger partial charge in [-0.3, -0.25) is 9.59 Å². The van der Waals surface area contributed by atoms with Gasteiger partial charge in [-0.25, -0.2) is 0 Å². The Bertz CT molecular complexity index is 1010. The molecule has 7 heteroatoms. The maximum atomic E-state index is 13.0. The number of halogens is 3. The lowest BCUT2D eigenvalue weighted by atomic mass is 9.94. The van der Waals surface area contributed by atoms with Gasteiger partial charge in [-0.15, -0.1) is 0 Å². The van der Waals surface area contributed by atoms with Crippen molar-refractivity contribution in [3.05, 3.63) is 74.2 Å². The summed E-state index contributed by atoms with van der Waals surface area (Å²) >= 11 is 18.1. The number of hydrogen-bond acceptors (Lipinski definition) is 3. The Balaban J connectivity index is 1.89. The number of aliphatic hydroxyl groups is 1. The van der Waals surface area contributed by atoms with Gasteiger partial charge in [0.1, 0.15) is 5.76 Å². The van der Waals surface area contributed by atoms with Gasteiger partial charge >= 0.3 is 0 Å². The Kier molecular flexibility index (Phi) is 5.60. The van der Waals surface area contributed by atoms with Gasteiger partial charge in [0.2, 0.25) is 0 Å². The lowest BCUT2D eigenvalue weighted by Gasteiger charge is -2.30. The van der Waals surface area contributed by atoms with Crippen LogP contribution in [0, 0.1) is 0 Å². The first-order chi connectivity index (χ1) is 13.9. The van der Waals surface area contributed by atoms with E-state index in [1.54, 1.807) is 41.3 Å². The molecule has 1 heterocycles. The molecule has 1 aliphatic carbocycles. The average Bonchev–Trinajstić information content (AvgIpc) is 3.31. The zero-order chi connectivity index (χ0) is 20.7. The molecule has 2 fully saturated rings. The highest BCUT2D eigenvalue weighted by molar-refractivity contribution is 6.47. The summed E-state index contributed by atoms with van der Waals surface area (Å²) in [6, 6.07) is 10.9. The van der Waals surface area contributed by atoms with Gasteiger partial charge in [0, 0.05) is 16.6 Å². The first-order valence-electron chi connectivity index (χ1n) is 9.39. The van der Waals surface area contributed by atoms with Gasteiger partial charge in [-0.2, -0.15) is 0 Å². The van der Waals surface area contributed by atoms with Crippen molar-refractivity contribution in [1.82, 2.24) is 4.90 Å². The Morgan fingerprint density at radius 1 is 0.931 bits per heavy atom. The molecule has 0 spiro atoms. The van der Waals surface area contributed by atoms with Crippen LogP contribution in [0.25, 0.3) is 5.76 Å². The number of benzene rings is 2. The quantitative estimate of drug-likeness (QED) is 0.354. The van der Waals surface area contributed by atoms with Crippen LogP contribution < -0.4 is 0 Å². The van der Waals surface area contributed by atoms with Crippen LogP contribution in [0.15, 0.2) is 48.0 Å². The molecule has 1 saturated heterocycles. The zero-order valence-corrected chi connectivity index (χ0v) is 17.6. The Morgan fingerprint density at radius 2 is 1.59 bits per heavy atom. The summed E-state index contributed by atoms with van der Waals surface area (Å²) in [5, 5.41) is 12.2. The summed E-state index contributed by atoms with van der Waals surface area (Å²) in [4.78, 5) is 27.6. The fourth-order valence-corrected chi connectivity index (χ4v) is 4.60. The maximum Gasteiger partial charge on any atom is 0.295 e. The van der Waals surface area contributed by atoms with Crippen molar-refractivity contribution in [3.63, 3.8) is 0 Å². The van der Waals surface area contributed by atoms with Crippen molar-refractivity contribution in [2.75, 3.05) is 0 Å². The number of carbonyl (C=O) groups is 2. The smallest absolute Gasteiger partial charge is 0.295 e. The van der Waals surface area contributed by atoms with Crippen LogP contribution in [0.2, 0.25) is 15.1 Å². The number of nitrogens with zero attached hydrogens (tertiary/aromatic N) is 1. The first-order valence-corrected chi connectivity index (χ1v) is 10.5. The molecular weight excluding hydrogens is 433 g/mol. The van der Waals surface area contributed by atoms with Crippen molar-refractivity contribution >= 4 is 52.3 Å². The molecule has 1 N–H and O–H groups in total. The highest BCUT2D eigenvalue weighted by Crippen LogP contribution is 2.43. The molecular formula is C22H18Cl3NO3. The molecule has 4 rings (SSSR count). The van der Waals surface area contributed by atoms with Gasteiger partial charge < -0.3 is 10.0 Å². The third-order valence-electron chi connectivity index (χ3n) is 5.58. The zero-order valence-electron chi connectivity index (χ0n) is 15.4. The summed E-state index contributed by atoms with van der Waals surface area (Å²) in [6.45, 7) is 0. The number of rotatable bonds is 3. The number of aliphatic hydroxyl groups excluding tert-OH is 1. The molecule has 0 radical (unpaired) electrons. The highest BCUT2D eigenvalue weighted by Gasteiger charge is 2.49. The van der Waals surface area contributed by atoms with Crippen LogP contribution >= 0.6 is 34.8 Å². The summed E-state index contributed by atoms with van der Waals surface area (Å²) in [5.74, 6) is -1.54. The van der Waals surface area contributed by atoms with Gasteiger partial charge in [0.05, 0.1) is 21.7 Å². The van der Waals surface area contributed by atoms with Crippen molar-refractivity contribution in [3.8, 4) is 0 Å². The minimum atomic E-state index is -0.694. The predicted octanol–water partition coefficient (Wildman–Crippen LogP) is 6.01. The molecule has 1 aliphatic heterocycles. The molecule has 29 heavy (non-hydrogen) atoms. The van der Waals surface area contributed by atoms with E-state index in [4.69, 9.17) is 34.8 Å². The minimum absolute atomic E-state index is 0.0359. The highest BCUT2D eigenvalue weighted by atomic mass is 35.5. The fourth-order valence-electron chi connectivity index (χ4n) is 4.18. The van der Waals surface area contributed by atoms with Crippen LogP contribution in [0.4, 0.5) is 0 Å². The number of carbonyl (C=O) groups excluding carboxylic acids is 2. The summed E-state index contributed by atoms with van der Waals surface area (Å²) in [6.07, 6.45) is 3.69. The van der Waals surface area contributed by atoms with E-state index in [1.165, 1.54) is 6.07 Å². The van der Waals surface area contributed by atoms with Crippen LogP contribution in [0.1, 0.15) is 42.9 Å². The van der Waals surface area contributed by atoms with Gasteiger partial charge in [-0.05, 0) is 48.7 Å². The van der Waals surface area contributed by atoms with Gasteiger partial charge in [0.15, 0.2) is 0 Å². The molecule has 1 unspecified atom stereocenters. The van der Waals surface area contributed by atoms with Crippen molar-refractivity contribution < 1.29 is 14.7 Å². The number of ketones is 1. The summed E-state index contributed by atoms with van der Waals surface area (Å²) in [5.41, 5.74) is 1.12. The van der Waals surface area contributed by atoms with E-state index >= 15 is 0 Å². The second-order valence-electron chi connectivity index (χ2n) is 7.33. The molecule has 150 valence electrons. The largest absolute Gasteiger partial charge is 0.507 e. The molecule has 2 aliphatic rings. The molecule has 0 bridgehead atoms.